The summed E-state index contributed by atoms with van der Waals surface area (Å²) in [4.78, 5) is 37.9. The molecular formula is C32H19N9. The maximum Gasteiger partial charge on any atom is 0.166 e. The summed E-state index contributed by atoms with van der Waals surface area (Å²) >= 11 is 0. The van der Waals surface area contributed by atoms with Gasteiger partial charge >= 0.3 is 0 Å². The summed E-state index contributed by atoms with van der Waals surface area (Å²) in [6.07, 6.45) is 3.53. The van der Waals surface area contributed by atoms with Gasteiger partial charge in [0, 0.05) is 63.2 Å². The largest absolute Gasteiger partial charge is 0.324 e. The molecule has 3 aromatic carbocycles. The van der Waals surface area contributed by atoms with Crippen LogP contribution in [0.5, 0.6) is 0 Å². The van der Waals surface area contributed by atoms with E-state index in [0.29, 0.717) is 28.9 Å². The normalized spacial score (nSPS) is 12.0. The molecule has 0 saturated heterocycles. The number of hydrogen-bond acceptors (Lipinski definition) is 7. The van der Waals surface area contributed by atoms with E-state index >= 15 is 0 Å². The topological polar surface area (TPSA) is 111 Å². The Bertz CT molecular complexity index is 2400. The molecule has 0 unspecified atom stereocenters. The van der Waals surface area contributed by atoms with Crippen LogP contribution in [-0.2, 0) is 7.05 Å². The molecule has 2 aliphatic heterocycles. The number of pyridine rings is 1. The summed E-state index contributed by atoms with van der Waals surface area (Å²) in [5.41, 5.74) is 6.43. The van der Waals surface area contributed by atoms with Gasteiger partial charge in [-0.15, -0.1) is 0 Å². The third-order valence-corrected chi connectivity index (χ3v) is 7.71. The molecule has 8 bridgehead atoms. The van der Waals surface area contributed by atoms with Crippen LogP contribution >= 0.6 is 0 Å². The first-order chi connectivity index (χ1) is 20.2. The van der Waals surface area contributed by atoms with Crippen molar-refractivity contribution in [1.29, 1.82) is 0 Å². The Hall–Kier alpha value is -5.83. The number of nitrogens with zero attached hydrogens (tertiary/aromatic N) is 8. The van der Waals surface area contributed by atoms with Crippen LogP contribution in [-0.4, -0.2) is 44.4 Å². The molecule has 7 aromatic rings. The molecule has 2 aliphatic rings. The monoisotopic (exact) mass is 529 g/mol. The second-order valence-electron chi connectivity index (χ2n) is 10.1. The van der Waals surface area contributed by atoms with Crippen molar-refractivity contribution in [2.45, 2.75) is 0 Å². The van der Waals surface area contributed by atoms with Crippen molar-refractivity contribution < 1.29 is 0 Å². The van der Waals surface area contributed by atoms with E-state index in [1.54, 1.807) is 12.4 Å². The molecule has 6 heterocycles. The second-order valence-corrected chi connectivity index (χ2v) is 10.1. The first-order valence-electron chi connectivity index (χ1n) is 13.2. The molecule has 0 radical (unpaired) electrons. The number of hydrogen-bond donors (Lipinski definition) is 1. The lowest BCUT2D eigenvalue weighted by Gasteiger charge is -1.98. The third-order valence-electron chi connectivity index (χ3n) is 7.71. The van der Waals surface area contributed by atoms with Crippen LogP contribution in [0.2, 0.25) is 0 Å². The highest BCUT2D eigenvalue weighted by molar-refractivity contribution is 6.08. The number of H-pyrrole nitrogens is 1. The number of nitrogens with one attached hydrogen (secondary N) is 1. The molecule has 41 heavy (non-hydrogen) atoms. The standard InChI is InChI=1S/C32H19N9/c1-41-31-22-12-6-7-13-23(22)32(41)40-29-21-14-15-33-16-24(21)30(38-29)37-27-18-9-3-2-8-17(18)25(35-27)34-26-19-10-4-5-11-20(19)28(36-26)39-31/h2-16H,1H3,(H,34,35,36,37,38,39,40). The minimum absolute atomic E-state index is 0.518. The summed E-state index contributed by atoms with van der Waals surface area (Å²) in [6.45, 7) is 0. The zero-order valence-electron chi connectivity index (χ0n) is 21.7. The Morgan fingerprint density at radius 1 is 0.488 bits per heavy atom. The van der Waals surface area contributed by atoms with E-state index in [9.17, 15) is 0 Å². The zero-order chi connectivity index (χ0) is 27.1. The minimum atomic E-state index is 0.518. The Morgan fingerprint density at radius 3 is 1.66 bits per heavy atom. The van der Waals surface area contributed by atoms with E-state index in [2.05, 4.69) is 28.2 Å². The molecule has 0 aliphatic carbocycles. The lowest BCUT2D eigenvalue weighted by Crippen LogP contribution is -1.92. The highest BCUT2D eigenvalue weighted by Gasteiger charge is 2.23. The van der Waals surface area contributed by atoms with E-state index in [1.807, 2.05) is 72.3 Å². The summed E-state index contributed by atoms with van der Waals surface area (Å²) in [5.74, 6) is 2.22. The highest BCUT2D eigenvalue weighted by atomic mass is 15.1. The Morgan fingerprint density at radius 2 is 0.976 bits per heavy atom. The quantitative estimate of drug-likeness (QED) is 0.246. The predicted octanol–water partition coefficient (Wildman–Crippen LogP) is 6.27. The van der Waals surface area contributed by atoms with Crippen LogP contribution in [0.4, 0.5) is 0 Å². The minimum Gasteiger partial charge on any atom is -0.324 e. The zero-order valence-corrected chi connectivity index (χ0v) is 21.7. The predicted molar refractivity (Wildman–Crippen MR) is 158 cm³/mol. The third kappa shape index (κ3) is 3.14. The van der Waals surface area contributed by atoms with Gasteiger partial charge < -0.3 is 9.55 Å². The van der Waals surface area contributed by atoms with Gasteiger partial charge in [-0.05, 0) is 6.07 Å². The highest BCUT2D eigenvalue weighted by Crippen LogP contribution is 2.37. The molecule has 192 valence electrons. The summed E-state index contributed by atoms with van der Waals surface area (Å²) in [5, 5.41) is 3.91. The molecule has 9 nitrogen and oxygen atoms in total. The van der Waals surface area contributed by atoms with Gasteiger partial charge in [0.15, 0.2) is 23.3 Å². The number of aromatic nitrogens is 9. The maximum absolute atomic E-state index is 5.17. The number of fused-ring (bicyclic) bond motifs is 20. The van der Waals surface area contributed by atoms with Crippen molar-refractivity contribution in [3.8, 4) is 45.6 Å². The van der Waals surface area contributed by atoms with Gasteiger partial charge in [0.25, 0.3) is 0 Å². The number of aromatic amines is 1. The van der Waals surface area contributed by atoms with Crippen molar-refractivity contribution in [3.63, 3.8) is 0 Å². The Kier molecular flexibility index (Phi) is 4.35. The smallest absolute Gasteiger partial charge is 0.166 e. The van der Waals surface area contributed by atoms with E-state index in [1.165, 1.54) is 0 Å². The average Bonchev–Trinajstić information content (AvgIpc) is 3.72. The fourth-order valence-corrected chi connectivity index (χ4v) is 5.76. The van der Waals surface area contributed by atoms with Crippen molar-refractivity contribution in [2.75, 3.05) is 0 Å². The lowest BCUT2D eigenvalue weighted by molar-refractivity contribution is 0.970. The molecule has 9 rings (SSSR count). The van der Waals surface area contributed by atoms with Crippen LogP contribution in [0.25, 0.3) is 89.7 Å². The average molecular weight is 530 g/mol. The van der Waals surface area contributed by atoms with Gasteiger partial charge in [0.1, 0.15) is 22.6 Å². The van der Waals surface area contributed by atoms with Crippen LogP contribution in [0, 0.1) is 0 Å². The maximum atomic E-state index is 5.17. The number of rotatable bonds is 0. The second kappa shape index (κ2) is 8.09. The van der Waals surface area contributed by atoms with Gasteiger partial charge in [-0.1, -0.05) is 72.8 Å². The van der Waals surface area contributed by atoms with Gasteiger partial charge in [0.05, 0.1) is 0 Å². The summed E-state index contributed by atoms with van der Waals surface area (Å²) in [6, 6.07) is 26.2. The van der Waals surface area contributed by atoms with Crippen LogP contribution in [0.1, 0.15) is 0 Å². The van der Waals surface area contributed by atoms with Crippen molar-refractivity contribution >= 4 is 44.1 Å². The van der Waals surface area contributed by atoms with Crippen molar-refractivity contribution in [3.05, 3.63) is 91.3 Å². The molecule has 0 atom stereocenters. The molecule has 0 spiro atoms. The summed E-state index contributed by atoms with van der Waals surface area (Å²) < 4.78 is 2.01. The Balaban J connectivity index is 1.53. The first-order valence-corrected chi connectivity index (χ1v) is 13.2. The lowest BCUT2D eigenvalue weighted by atomic mass is 10.1. The fraction of sp³-hybridized carbons (Fsp3) is 0.0312. The first kappa shape index (κ1) is 22.0. The van der Waals surface area contributed by atoms with E-state index < -0.39 is 0 Å². The van der Waals surface area contributed by atoms with Crippen molar-refractivity contribution in [2.24, 2.45) is 7.05 Å². The Labute approximate surface area is 232 Å². The molecule has 0 saturated carbocycles. The van der Waals surface area contributed by atoms with Crippen molar-refractivity contribution in [1.82, 2.24) is 44.4 Å². The van der Waals surface area contributed by atoms with Gasteiger partial charge in [-0.2, -0.15) is 0 Å². The van der Waals surface area contributed by atoms with Gasteiger partial charge in [-0.25, -0.2) is 29.9 Å². The molecule has 1 N–H and O–H groups in total. The molecule has 4 aromatic heterocycles. The molecule has 0 amide bonds. The van der Waals surface area contributed by atoms with Crippen LogP contribution < -0.4 is 0 Å². The van der Waals surface area contributed by atoms with E-state index in [4.69, 9.17) is 29.9 Å². The van der Waals surface area contributed by atoms with Crippen LogP contribution in [0.15, 0.2) is 91.3 Å². The summed E-state index contributed by atoms with van der Waals surface area (Å²) in [7, 11) is 1.98. The molecule has 9 heteroatoms. The molecular weight excluding hydrogens is 510 g/mol. The molecule has 0 fully saturated rings. The number of benzene rings is 3. The van der Waals surface area contributed by atoms with E-state index in [0.717, 1.165) is 60.7 Å². The van der Waals surface area contributed by atoms with Gasteiger partial charge in [-0.3, -0.25) is 4.98 Å². The SMILES string of the molecule is Cn1c2nc3nc(nc4nc(nc5[nH]c(nc1c1ccccc12)c1ccccc51)-c1ccccc1-4)-c1cnccc1-3. The number of aryl methyl sites for hydroxylation is 1. The van der Waals surface area contributed by atoms with Crippen LogP contribution in [0.3, 0.4) is 0 Å². The van der Waals surface area contributed by atoms with Gasteiger partial charge in [0.2, 0.25) is 0 Å². The fourth-order valence-electron chi connectivity index (χ4n) is 5.76. The van der Waals surface area contributed by atoms with E-state index in [-0.39, 0.29) is 0 Å².